The van der Waals surface area contributed by atoms with Gasteiger partial charge in [-0.1, -0.05) is 58.4 Å². The highest BCUT2D eigenvalue weighted by Gasteiger charge is 2.63. The third kappa shape index (κ3) is 3.45. The Morgan fingerprint density at radius 3 is 2.10 bits per heavy atom. The van der Waals surface area contributed by atoms with Crippen LogP contribution in [0.3, 0.4) is 0 Å². The molecule has 0 N–H and O–H groups in total. The van der Waals surface area contributed by atoms with E-state index in [1.54, 1.807) is 43.4 Å². The van der Waals surface area contributed by atoms with E-state index in [0.29, 0.717) is 17.9 Å². The van der Waals surface area contributed by atoms with Crippen LogP contribution >= 0.6 is 15.9 Å². The van der Waals surface area contributed by atoms with Gasteiger partial charge in [0.05, 0.1) is 26.3 Å². The Kier molecular flexibility index (Phi) is 5.71. The standard InChI is InChI=1S/C25H21BrN2O3/c1-30-19-11-7-17(8-12-19)15-28-23(21-5-3-4-6-22(21)26)25(16-27,24(28)29)18-9-13-20(31-2)14-10-18/h3-14,23H,15H2,1-2H3/t23-,25-/m1/s1. The van der Waals surface area contributed by atoms with Crippen molar-refractivity contribution in [2.24, 2.45) is 0 Å². The van der Waals surface area contributed by atoms with E-state index in [9.17, 15) is 10.1 Å². The molecular weight excluding hydrogens is 456 g/mol. The first-order valence-electron chi connectivity index (χ1n) is 9.79. The van der Waals surface area contributed by atoms with E-state index in [-0.39, 0.29) is 5.91 Å². The predicted molar refractivity (Wildman–Crippen MR) is 121 cm³/mol. The second-order valence-electron chi connectivity index (χ2n) is 7.35. The molecule has 1 aliphatic rings. The van der Waals surface area contributed by atoms with Crippen LogP contribution in [0.5, 0.6) is 11.5 Å². The Morgan fingerprint density at radius 1 is 0.968 bits per heavy atom. The Balaban J connectivity index is 1.78. The van der Waals surface area contributed by atoms with Gasteiger partial charge in [0.25, 0.3) is 5.91 Å². The van der Waals surface area contributed by atoms with Crippen LogP contribution < -0.4 is 9.47 Å². The van der Waals surface area contributed by atoms with Crippen molar-refractivity contribution in [3.8, 4) is 17.6 Å². The molecule has 0 saturated carbocycles. The molecule has 0 aromatic heterocycles. The number of nitrogens with zero attached hydrogens (tertiary/aromatic N) is 2. The van der Waals surface area contributed by atoms with Gasteiger partial charge in [0.15, 0.2) is 5.41 Å². The molecule has 1 heterocycles. The van der Waals surface area contributed by atoms with E-state index >= 15 is 0 Å². The molecule has 0 unspecified atom stereocenters. The molecule has 3 aromatic rings. The number of ether oxygens (including phenoxy) is 2. The van der Waals surface area contributed by atoms with E-state index in [0.717, 1.165) is 21.3 Å². The molecule has 0 aliphatic carbocycles. The van der Waals surface area contributed by atoms with Crippen molar-refractivity contribution in [3.05, 3.63) is 94.0 Å². The lowest BCUT2D eigenvalue weighted by Gasteiger charge is -2.53. The fourth-order valence-electron chi connectivity index (χ4n) is 4.13. The highest BCUT2D eigenvalue weighted by atomic mass is 79.9. The first-order valence-corrected chi connectivity index (χ1v) is 10.6. The average Bonchev–Trinajstić information content (AvgIpc) is 2.82. The Labute approximate surface area is 190 Å². The van der Waals surface area contributed by atoms with Crippen LogP contribution in [0.1, 0.15) is 22.7 Å². The minimum absolute atomic E-state index is 0.211. The SMILES string of the molecule is COc1ccc(CN2C(=O)[C@](C#N)(c3ccc(OC)cc3)[C@H]2c2ccccc2Br)cc1. The molecule has 1 saturated heterocycles. The number of benzene rings is 3. The monoisotopic (exact) mass is 476 g/mol. The molecule has 0 spiro atoms. The fraction of sp³-hybridized carbons (Fsp3) is 0.200. The molecular formula is C25H21BrN2O3. The number of hydrogen-bond acceptors (Lipinski definition) is 4. The van der Waals surface area contributed by atoms with Gasteiger partial charge in [-0.25, -0.2) is 0 Å². The number of methoxy groups -OCH3 is 2. The average molecular weight is 477 g/mol. The molecule has 1 aliphatic heterocycles. The maximum Gasteiger partial charge on any atom is 0.251 e. The van der Waals surface area contributed by atoms with Crippen molar-refractivity contribution in [2.75, 3.05) is 14.2 Å². The lowest BCUT2D eigenvalue weighted by atomic mass is 9.64. The van der Waals surface area contributed by atoms with Crippen molar-refractivity contribution in [3.63, 3.8) is 0 Å². The molecule has 1 fully saturated rings. The van der Waals surface area contributed by atoms with Crippen LogP contribution in [0, 0.1) is 11.3 Å². The molecule has 3 aromatic carbocycles. The highest BCUT2D eigenvalue weighted by Crippen LogP contribution is 2.53. The summed E-state index contributed by atoms with van der Waals surface area (Å²) < 4.78 is 11.3. The quantitative estimate of drug-likeness (QED) is 0.469. The summed E-state index contributed by atoms with van der Waals surface area (Å²) in [5.41, 5.74) is 1.22. The third-order valence-corrected chi connectivity index (χ3v) is 6.48. The molecule has 0 bridgehead atoms. The topological polar surface area (TPSA) is 62.6 Å². The summed E-state index contributed by atoms with van der Waals surface area (Å²) in [5, 5.41) is 10.3. The van der Waals surface area contributed by atoms with Gasteiger partial charge in [-0.2, -0.15) is 5.26 Å². The van der Waals surface area contributed by atoms with Crippen LogP contribution in [0.15, 0.2) is 77.3 Å². The van der Waals surface area contributed by atoms with E-state index in [2.05, 4.69) is 22.0 Å². The van der Waals surface area contributed by atoms with E-state index in [4.69, 9.17) is 9.47 Å². The third-order valence-electron chi connectivity index (χ3n) is 5.75. The first kappa shape index (κ1) is 21.0. The van der Waals surface area contributed by atoms with Gasteiger partial charge >= 0.3 is 0 Å². The summed E-state index contributed by atoms with van der Waals surface area (Å²) in [6, 6.07) is 24.4. The van der Waals surface area contributed by atoms with Crippen LogP contribution in [0.25, 0.3) is 0 Å². The zero-order chi connectivity index (χ0) is 22.0. The van der Waals surface area contributed by atoms with Crippen molar-refractivity contribution in [2.45, 2.75) is 18.0 Å². The van der Waals surface area contributed by atoms with Gasteiger partial charge in [-0.15, -0.1) is 0 Å². The van der Waals surface area contributed by atoms with E-state index in [1.807, 2.05) is 48.5 Å². The first-order chi connectivity index (χ1) is 15.0. The number of halogens is 1. The maximum absolute atomic E-state index is 13.5. The van der Waals surface area contributed by atoms with Gasteiger partial charge in [0, 0.05) is 11.0 Å². The molecule has 0 radical (unpaired) electrons. The van der Waals surface area contributed by atoms with Gasteiger partial charge in [0.1, 0.15) is 11.5 Å². The summed E-state index contributed by atoms with van der Waals surface area (Å²) >= 11 is 3.62. The highest BCUT2D eigenvalue weighted by molar-refractivity contribution is 9.10. The lowest BCUT2D eigenvalue weighted by Crippen LogP contribution is -2.65. The van der Waals surface area contributed by atoms with Gasteiger partial charge in [0.2, 0.25) is 0 Å². The summed E-state index contributed by atoms with van der Waals surface area (Å²) in [4.78, 5) is 15.3. The summed E-state index contributed by atoms with van der Waals surface area (Å²) in [7, 11) is 3.21. The number of nitriles is 1. The minimum Gasteiger partial charge on any atom is -0.497 e. The molecule has 1 amide bonds. The van der Waals surface area contributed by atoms with Gasteiger partial charge < -0.3 is 14.4 Å². The number of likely N-dealkylation sites (tertiary alicyclic amines) is 1. The molecule has 6 heteroatoms. The number of hydrogen-bond donors (Lipinski definition) is 0. The van der Waals surface area contributed by atoms with Crippen molar-refractivity contribution in [1.29, 1.82) is 5.26 Å². The summed E-state index contributed by atoms with van der Waals surface area (Å²) in [5.74, 6) is 1.22. The number of amides is 1. The number of carbonyl (C=O) groups is 1. The van der Waals surface area contributed by atoms with E-state index < -0.39 is 11.5 Å². The Morgan fingerprint density at radius 2 is 1.55 bits per heavy atom. The van der Waals surface area contributed by atoms with Crippen LogP contribution in [-0.2, 0) is 16.8 Å². The number of β-lactam (4-membered cyclic amide) rings is 1. The van der Waals surface area contributed by atoms with Crippen molar-refractivity contribution in [1.82, 2.24) is 4.90 Å². The fourth-order valence-corrected chi connectivity index (χ4v) is 4.63. The summed E-state index contributed by atoms with van der Waals surface area (Å²) in [6.07, 6.45) is 0. The van der Waals surface area contributed by atoms with Crippen LogP contribution in [0.4, 0.5) is 0 Å². The summed E-state index contributed by atoms with van der Waals surface area (Å²) in [6.45, 7) is 0.397. The zero-order valence-electron chi connectivity index (χ0n) is 17.2. The second kappa shape index (κ2) is 8.44. The van der Waals surface area contributed by atoms with Crippen molar-refractivity contribution >= 4 is 21.8 Å². The zero-order valence-corrected chi connectivity index (χ0v) is 18.8. The van der Waals surface area contributed by atoms with Crippen LogP contribution in [0.2, 0.25) is 0 Å². The molecule has 2 atom stereocenters. The smallest absolute Gasteiger partial charge is 0.251 e. The van der Waals surface area contributed by atoms with Gasteiger partial charge in [-0.05, 0) is 47.0 Å². The molecule has 4 rings (SSSR count). The van der Waals surface area contributed by atoms with Crippen molar-refractivity contribution < 1.29 is 14.3 Å². The number of carbonyl (C=O) groups excluding carboxylic acids is 1. The lowest BCUT2D eigenvalue weighted by molar-refractivity contribution is -0.158. The second-order valence-corrected chi connectivity index (χ2v) is 8.21. The van der Waals surface area contributed by atoms with E-state index in [1.165, 1.54) is 0 Å². The minimum atomic E-state index is -1.30. The van der Waals surface area contributed by atoms with Crippen LogP contribution in [-0.4, -0.2) is 25.0 Å². The van der Waals surface area contributed by atoms with Gasteiger partial charge in [-0.3, -0.25) is 4.79 Å². The Hall–Kier alpha value is -3.30. The molecule has 31 heavy (non-hydrogen) atoms. The molecule has 5 nitrogen and oxygen atoms in total. The largest absolute Gasteiger partial charge is 0.497 e. The maximum atomic E-state index is 13.5. The Bertz CT molecular complexity index is 1140. The molecule has 156 valence electrons. The predicted octanol–water partition coefficient (Wildman–Crippen LogP) is 5.01. The normalized spacial score (nSPS) is 20.0. The number of rotatable bonds is 6.